The fourth-order valence-electron chi connectivity index (χ4n) is 2.57. The molecule has 3 rings (SSSR count). The average Bonchev–Trinajstić information content (AvgIpc) is 2.95. The first-order chi connectivity index (χ1) is 12.0. The molecule has 0 unspecified atom stereocenters. The second-order valence-electron chi connectivity index (χ2n) is 5.59. The van der Waals surface area contributed by atoms with E-state index < -0.39 is 16.1 Å². The Morgan fingerprint density at radius 2 is 1.96 bits per heavy atom. The third-order valence-electron chi connectivity index (χ3n) is 3.77. The van der Waals surface area contributed by atoms with Crippen LogP contribution in [0.5, 0.6) is 0 Å². The Kier molecular flexibility index (Phi) is 5.15. The zero-order valence-electron chi connectivity index (χ0n) is 13.3. The smallest absolute Gasteiger partial charge is 0.411 e. The van der Waals surface area contributed by atoms with Crippen LogP contribution in [0.2, 0.25) is 5.02 Å². The number of ether oxygens (including phenoxy) is 1. The predicted octanol–water partition coefficient (Wildman–Crippen LogP) is 3.63. The maximum absolute atomic E-state index is 12.1. The van der Waals surface area contributed by atoms with Crippen molar-refractivity contribution in [3.05, 3.63) is 59.1 Å². The maximum atomic E-state index is 12.1. The van der Waals surface area contributed by atoms with Crippen LogP contribution in [-0.2, 0) is 21.4 Å². The molecular formula is C17H17ClN2O4S. The SMILES string of the molecule is O=C(Nc1ccc(Cl)c(N2CCCS2(=O)=O)c1)OCc1ccccc1. The van der Waals surface area contributed by atoms with Crippen LogP contribution < -0.4 is 9.62 Å². The summed E-state index contributed by atoms with van der Waals surface area (Å²) >= 11 is 6.13. The van der Waals surface area contributed by atoms with E-state index in [0.29, 0.717) is 29.4 Å². The fourth-order valence-corrected chi connectivity index (χ4v) is 4.41. The quantitative estimate of drug-likeness (QED) is 0.878. The number of anilines is 2. The van der Waals surface area contributed by atoms with Gasteiger partial charge in [0, 0.05) is 12.2 Å². The van der Waals surface area contributed by atoms with Gasteiger partial charge in [0.15, 0.2) is 0 Å². The Balaban J connectivity index is 1.69. The lowest BCUT2D eigenvalue weighted by molar-refractivity contribution is 0.155. The number of sulfonamides is 1. The van der Waals surface area contributed by atoms with Crippen LogP contribution in [0, 0.1) is 0 Å². The second-order valence-corrected chi connectivity index (χ2v) is 8.01. The van der Waals surface area contributed by atoms with Gasteiger partial charge in [0.2, 0.25) is 10.0 Å². The maximum Gasteiger partial charge on any atom is 0.411 e. The number of carbonyl (C=O) groups is 1. The van der Waals surface area contributed by atoms with Gasteiger partial charge >= 0.3 is 6.09 Å². The molecule has 0 atom stereocenters. The minimum Gasteiger partial charge on any atom is -0.444 e. The number of carbonyl (C=O) groups excluding carboxylic acids is 1. The minimum atomic E-state index is -3.35. The molecule has 1 saturated heterocycles. The number of hydrogen-bond acceptors (Lipinski definition) is 4. The van der Waals surface area contributed by atoms with Crippen molar-refractivity contribution < 1.29 is 17.9 Å². The molecule has 1 aliphatic rings. The standard InChI is InChI=1S/C17H17ClN2O4S/c18-15-8-7-14(11-16(15)20-9-4-10-25(20,22)23)19-17(21)24-12-13-5-2-1-3-6-13/h1-3,5-8,11H,4,9-10,12H2,(H,19,21). The van der Waals surface area contributed by atoms with Crippen molar-refractivity contribution in [2.45, 2.75) is 13.0 Å². The molecule has 0 radical (unpaired) electrons. The Labute approximate surface area is 151 Å². The van der Waals surface area contributed by atoms with Gasteiger partial charge in [-0.25, -0.2) is 13.2 Å². The molecule has 1 heterocycles. The number of hydrogen-bond donors (Lipinski definition) is 1. The Hall–Kier alpha value is -2.25. The van der Waals surface area contributed by atoms with Crippen molar-refractivity contribution in [2.75, 3.05) is 21.9 Å². The van der Waals surface area contributed by atoms with Crippen LogP contribution in [0.3, 0.4) is 0 Å². The third kappa shape index (κ3) is 4.24. The highest BCUT2D eigenvalue weighted by atomic mass is 35.5. The van der Waals surface area contributed by atoms with Gasteiger partial charge in [-0.2, -0.15) is 0 Å². The number of amides is 1. The van der Waals surface area contributed by atoms with E-state index in [0.717, 1.165) is 5.56 Å². The number of halogens is 1. The van der Waals surface area contributed by atoms with E-state index in [1.165, 1.54) is 10.4 Å². The van der Waals surface area contributed by atoms with E-state index in [4.69, 9.17) is 16.3 Å². The van der Waals surface area contributed by atoms with Crippen LogP contribution in [0.4, 0.5) is 16.2 Å². The predicted molar refractivity (Wildman–Crippen MR) is 97.5 cm³/mol. The van der Waals surface area contributed by atoms with Crippen molar-refractivity contribution in [2.24, 2.45) is 0 Å². The molecule has 0 spiro atoms. The molecule has 2 aromatic rings. The van der Waals surface area contributed by atoms with Crippen molar-refractivity contribution >= 4 is 39.1 Å². The third-order valence-corrected chi connectivity index (χ3v) is 5.95. The van der Waals surface area contributed by atoms with E-state index in [-0.39, 0.29) is 12.4 Å². The summed E-state index contributed by atoms with van der Waals surface area (Å²) in [5.41, 5.74) is 1.65. The highest BCUT2D eigenvalue weighted by molar-refractivity contribution is 7.93. The van der Waals surface area contributed by atoms with Crippen LogP contribution in [0.15, 0.2) is 48.5 Å². The molecule has 0 bridgehead atoms. The average molecular weight is 381 g/mol. The van der Waals surface area contributed by atoms with Crippen LogP contribution in [-0.4, -0.2) is 26.8 Å². The Morgan fingerprint density at radius 3 is 2.64 bits per heavy atom. The minimum absolute atomic E-state index is 0.0973. The molecule has 1 fully saturated rings. The van der Waals surface area contributed by atoms with Gasteiger partial charge < -0.3 is 4.74 Å². The highest BCUT2D eigenvalue weighted by Crippen LogP contribution is 2.33. The summed E-state index contributed by atoms with van der Waals surface area (Å²) in [7, 11) is -3.35. The molecule has 25 heavy (non-hydrogen) atoms. The van der Waals surface area contributed by atoms with E-state index in [2.05, 4.69) is 5.32 Å². The highest BCUT2D eigenvalue weighted by Gasteiger charge is 2.30. The van der Waals surface area contributed by atoms with Gasteiger partial charge in [-0.1, -0.05) is 41.9 Å². The number of nitrogens with zero attached hydrogens (tertiary/aromatic N) is 1. The number of rotatable bonds is 4. The van der Waals surface area contributed by atoms with Gasteiger partial charge in [-0.15, -0.1) is 0 Å². The molecule has 0 aliphatic carbocycles. The van der Waals surface area contributed by atoms with Crippen LogP contribution in [0.1, 0.15) is 12.0 Å². The molecule has 132 valence electrons. The van der Waals surface area contributed by atoms with Gasteiger partial charge in [-0.3, -0.25) is 9.62 Å². The van der Waals surface area contributed by atoms with Crippen LogP contribution in [0.25, 0.3) is 0 Å². The molecule has 8 heteroatoms. The largest absolute Gasteiger partial charge is 0.444 e. The lowest BCUT2D eigenvalue weighted by Gasteiger charge is -2.19. The summed E-state index contributed by atoms with van der Waals surface area (Å²) in [6, 6.07) is 14.0. The Bertz CT molecular complexity index is 871. The zero-order chi connectivity index (χ0) is 17.9. The molecule has 1 N–H and O–H groups in total. The molecule has 0 aromatic heterocycles. The van der Waals surface area contributed by atoms with E-state index in [1.807, 2.05) is 30.3 Å². The van der Waals surface area contributed by atoms with Gasteiger partial charge in [0.05, 0.1) is 16.5 Å². The molecular weight excluding hydrogens is 364 g/mol. The first-order valence-electron chi connectivity index (χ1n) is 7.73. The fraction of sp³-hybridized carbons (Fsp3) is 0.235. The summed E-state index contributed by atoms with van der Waals surface area (Å²) in [6.07, 6.45) is -0.0727. The summed E-state index contributed by atoms with van der Waals surface area (Å²) in [5, 5.41) is 2.90. The van der Waals surface area contributed by atoms with Crippen molar-refractivity contribution in [1.29, 1.82) is 0 Å². The first-order valence-corrected chi connectivity index (χ1v) is 9.72. The van der Waals surface area contributed by atoms with Gasteiger partial charge in [-0.05, 0) is 30.2 Å². The van der Waals surface area contributed by atoms with Crippen molar-refractivity contribution in [1.82, 2.24) is 0 Å². The lowest BCUT2D eigenvalue weighted by Crippen LogP contribution is -2.25. The Morgan fingerprint density at radius 1 is 1.20 bits per heavy atom. The normalized spacial score (nSPS) is 15.8. The topological polar surface area (TPSA) is 75.7 Å². The van der Waals surface area contributed by atoms with Crippen LogP contribution >= 0.6 is 11.6 Å². The molecule has 0 saturated carbocycles. The first kappa shape index (κ1) is 17.6. The molecule has 6 nitrogen and oxygen atoms in total. The summed E-state index contributed by atoms with van der Waals surface area (Å²) < 4.78 is 30.6. The van der Waals surface area contributed by atoms with E-state index in [1.54, 1.807) is 12.1 Å². The molecule has 1 aliphatic heterocycles. The van der Waals surface area contributed by atoms with E-state index >= 15 is 0 Å². The van der Waals surface area contributed by atoms with Crippen molar-refractivity contribution in [3.8, 4) is 0 Å². The van der Waals surface area contributed by atoms with E-state index in [9.17, 15) is 13.2 Å². The van der Waals surface area contributed by atoms with Gasteiger partial charge in [0.1, 0.15) is 6.61 Å². The second kappa shape index (κ2) is 7.33. The van der Waals surface area contributed by atoms with Crippen molar-refractivity contribution in [3.63, 3.8) is 0 Å². The molecule has 1 amide bonds. The zero-order valence-corrected chi connectivity index (χ0v) is 14.9. The summed E-state index contributed by atoms with van der Waals surface area (Å²) in [5.74, 6) is 0.0973. The number of benzene rings is 2. The van der Waals surface area contributed by atoms with Gasteiger partial charge in [0.25, 0.3) is 0 Å². The lowest BCUT2D eigenvalue weighted by atomic mass is 10.2. The summed E-state index contributed by atoms with van der Waals surface area (Å²) in [6.45, 7) is 0.525. The number of nitrogens with one attached hydrogen (secondary N) is 1. The molecule has 2 aromatic carbocycles. The summed E-state index contributed by atoms with van der Waals surface area (Å²) in [4.78, 5) is 11.9. The monoisotopic (exact) mass is 380 g/mol.